The number of hydrogen-bond donors (Lipinski definition) is 1. The number of benzene rings is 1. The van der Waals surface area contributed by atoms with Crippen molar-refractivity contribution < 1.29 is 4.74 Å². The summed E-state index contributed by atoms with van der Waals surface area (Å²) in [6.45, 7) is 0.557. The predicted molar refractivity (Wildman–Crippen MR) is 79.8 cm³/mol. The molecule has 6 nitrogen and oxygen atoms in total. The van der Waals surface area contributed by atoms with E-state index in [1.807, 2.05) is 36.4 Å². The highest BCUT2D eigenvalue weighted by Crippen LogP contribution is 2.28. The summed E-state index contributed by atoms with van der Waals surface area (Å²) in [4.78, 5) is 8.27. The van der Waals surface area contributed by atoms with Crippen LogP contribution < -0.4 is 10.5 Å². The van der Waals surface area contributed by atoms with Gasteiger partial charge >= 0.3 is 0 Å². The normalized spacial score (nSPS) is 10.5. The van der Waals surface area contributed by atoms with E-state index in [4.69, 9.17) is 10.5 Å². The fourth-order valence-corrected chi connectivity index (χ4v) is 2.14. The van der Waals surface area contributed by atoms with Gasteiger partial charge < -0.3 is 10.5 Å². The van der Waals surface area contributed by atoms with E-state index in [0.29, 0.717) is 12.4 Å². The quantitative estimate of drug-likeness (QED) is 0.791. The van der Waals surface area contributed by atoms with Gasteiger partial charge in [-0.1, -0.05) is 30.3 Å². The number of nitrogen functional groups attached to an aromatic ring is 1. The number of pyridine rings is 1. The third kappa shape index (κ3) is 2.84. The molecule has 0 saturated heterocycles. The summed E-state index contributed by atoms with van der Waals surface area (Å²) in [6, 6.07) is 12.0. The molecular formula is C15H15N5O. The molecule has 0 aliphatic heterocycles. The number of ether oxygens (including phenoxy) is 1. The van der Waals surface area contributed by atoms with E-state index in [1.165, 1.54) is 0 Å². The van der Waals surface area contributed by atoms with Crippen molar-refractivity contribution in [2.24, 2.45) is 0 Å². The molecule has 0 atom stereocenters. The summed E-state index contributed by atoms with van der Waals surface area (Å²) in [5.41, 5.74) is 8.52. The molecule has 0 unspecified atom stereocenters. The second-order valence-electron chi connectivity index (χ2n) is 4.57. The van der Waals surface area contributed by atoms with E-state index >= 15 is 0 Å². The van der Waals surface area contributed by atoms with E-state index in [9.17, 15) is 0 Å². The number of hydrogen-bond acceptors (Lipinski definition) is 5. The van der Waals surface area contributed by atoms with Crippen LogP contribution in [-0.4, -0.2) is 26.9 Å². The molecule has 3 aromatic rings. The van der Waals surface area contributed by atoms with Gasteiger partial charge in [0.25, 0.3) is 0 Å². The third-order valence-corrected chi connectivity index (χ3v) is 3.08. The summed E-state index contributed by atoms with van der Waals surface area (Å²) in [6.07, 6.45) is 3.37. The van der Waals surface area contributed by atoms with Crippen molar-refractivity contribution in [3.8, 4) is 17.0 Å². The standard InChI is InChI=1S/C15H15N5O/c1-21-14-13(12-5-3-2-4-6-12)7-11(8-17-14)9-20-10-18-15(16)19-20/h2-8,10H,9H2,1H3,(H2,16,19). The molecule has 6 heteroatoms. The molecule has 3 rings (SSSR count). The lowest BCUT2D eigenvalue weighted by atomic mass is 10.1. The zero-order valence-corrected chi connectivity index (χ0v) is 11.6. The number of rotatable bonds is 4. The molecule has 0 radical (unpaired) electrons. The first-order valence-corrected chi connectivity index (χ1v) is 6.49. The number of nitrogens with two attached hydrogens (primary N) is 1. The molecule has 0 aliphatic carbocycles. The summed E-state index contributed by atoms with van der Waals surface area (Å²) in [5, 5.41) is 4.08. The minimum absolute atomic E-state index is 0.264. The Kier molecular flexibility index (Phi) is 3.51. The Bertz CT molecular complexity index is 739. The van der Waals surface area contributed by atoms with Crippen LogP contribution in [0.25, 0.3) is 11.1 Å². The summed E-state index contributed by atoms with van der Waals surface area (Å²) in [7, 11) is 1.62. The van der Waals surface area contributed by atoms with Crippen molar-refractivity contribution in [2.75, 3.05) is 12.8 Å². The highest BCUT2D eigenvalue weighted by molar-refractivity contribution is 5.69. The minimum atomic E-state index is 0.264. The van der Waals surface area contributed by atoms with Gasteiger partial charge in [-0.05, 0) is 17.2 Å². The lowest BCUT2D eigenvalue weighted by molar-refractivity contribution is 0.399. The molecule has 0 bridgehead atoms. The zero-order chi connectivity index (χ0) is 14.7. The van der Waals surface area contributed by atoms with Gasteiger partial charge in [0.2, 0.25) is 11.8 Å². The van der Waals surface area contributed by atoms with Crippen LogP contribution in [0.5, 0.6) is 5.88 Å². The van der Waals surface area contributed by atoms with Gasteiger partial charge in [-0.3, -0.25) is 0 Å². The van der Waals surface area contributed by atoms with Crippen LogP contribution in [0.4, 0.5) is 5.95 Å². The van der Waals surface area contributed by atoms with Gasteiger partial charge in [0.05, 0.1) is 13.7 Å². The minimum Gasteiger partial charge on any atom is -0.481 e. The van der Waals surface area contributed by atoms with Crippen molar-refractivity contribution in [1.82, 2.24) is 19.7 Å². The number of nitrogens with zero attached hydrogens (tertiary/aromatic N) is 4. The monoisotopic (exact) mass is 281 g/mol. The Morgan fingerprint density at radius 2 is 2.00 bits per heavy atom. The van der Waals surface area contributed by atoms with E-state index in [2.05, 4.69) is 15.1 Å². The molecule has 0 spiro atoms. The first-order valence-electron chi connectivity index (χ1n) is 6.49. The average molecular weight is 281 g/mol. The van der Waals surface area contributed by atoms with E-state index in [1.54, 1.807) is 24.3 Å². The molecule has 1 aromatic carbocycles. The van der Waals surface area contributed by atoms with Crippen LogP contribution in [0.3, 0.4) is 0 Å². The lowest BCUT2D eigenvalue weighted by Crippen LogP contribution is -2.03. The third-order valence-electron chi connectivity index (χ3n) is 3.08. The van der Waals surface area contributed by atoms with Gasteiger partial charge in [-0.25, -0.2) is 14.6 Å². The summed E-state index contributed by atoms with van der Waals surface area (Å²) >= 11 is 0. The van der Waals surface area contributed by atoms with Crippen molar-refractivity contribution in [2.45, 2.75) is 6.54 Å². The molecule has 0 aliphatic rings. The predicted octanol–water partition coefficient (Wildman–Crippen LogP) is 1.98. The van der Waals surface area contributed by atoms with Gasteiger partial charge in [0.1, 0.15) is 6.33 Å². The maximum absolute atomic E-state index is 5.52. The highest BCUT2D eigenvalue weighted by Gasteiger charge is 2.09. The Labute approximate surface area is 122 Å². The second kappa shape index (κ2) is 5.62. The van der Waals surface area contributed by atoms with Gasteiger partial charge in [0.15, 0.2) is 0 Å². The van der Waals surface area contributed by atoms with Crippen LogP contribution in [-0.2, 0) is 6.54 Å². The SMILES string of the molecule is COc1ncc(Cn2cnc(N)n2)cc1-c1ccccc1. The largest absolute Gasteiger partial charge is 0.481 e. The Hall–Kier alpha value is -2.89. The van der Waals surface area contributed by atoms with Gasteiger partial charge in [-0.2, -0.15) is 0 Å². The molecule has 106 valence electrons. The van der Waals surface area contributed by atoms with Crippen LogP contribution in [0.2, 0.25) is 0 Å². The van der Waals surface area contributed by atoms with Gasteiger partial charge in [-0.15, -0.1) is 5.10 Å². The second-order valence-corrected chi connectivity index (χ2v) is 4.57. The molecule has 21 heavy (non-hydrogen) atoms. The first kappa shape index (κ1) is 13.1. The maximum atomic E-state index is 5.52. The van der Waals surface area contributed by atoms with Crippen LogP contribution in [0, 0.1) is 0 Å². The smallest absolute Gasteiger partial charge is 0.239 e. The first-order chi connectivity index (χ1) is 10.3. The molecule has 0 fully saturated rings. The van der Waals surface area contributed by atoms with E-state index in [-0.39, 0.29) is 5.95 Å². The Morgan fingerprint density at radius 3 is 2.67 bits per heavy atom. The van der Waals surface area contributed by atoms with Crippen LogP contribution in [0.1, 0.15) is 5.56 Å². The van der Waals surface area contributed by atoms with Crippen molar-refractivity contribution in [1.29, 1.82) is 0 Å². The fraction of sp³-hybridized carbons (Fsp3) is 0.133. The average Bonchev–Trinajstić information content (AvgIpc) is 2.93. The van der Waals surface area contributed by atoms with Crippen LogP contribution in [0.15, 0.2) is 48.9 Å². The lowest BCUT2D eigenvalue weighted by Gasteiger charge is -2.10. The molecule has 0 saturated carbocycles. The topological polar surface area (TPSA) is 78.8 Å². The summed E-state index contributed by atoms with van der Waals surface area (Å²) < 4.78 is 7.02. The summed E-state index contributed by atoms with van der Waals surface area (Å²) in [5.74, 6) is 0.864. The van der Waals surface area contributed by atoms with Crippen molar-refractivity contribution in [3.05, 3.63) is 54.5 Å². The zero-order valence-electron chi connectivity index (χ0n) is 11.6. The fourth-order valence-electron chi connectivity index (χ4n) is 2.14. The Balaban J connectivity index is 1.97. The van der Waals surface area contributed by atoms with Crippen molar-refractivity contribution >= 4 is 5.95 Å². The van der Waals surface area contributed by atoms with Gasteiger partial charge in [0, 0.05) is 11.8 Å². The Morgan fingerprint density at radius 1 is 1.19 bits per heavy atom. The van der Waals surface area contributed by atoms with Crippen molar-refractivity contribution in [3.63, 3.8) is 0 Å². The van der Waals surface area contributed by atoms with Crippen LogP contribution >= 0.6 is 0 Å². The molecule has 2 heterocycles. The molecule has 2 N–H and O–H groups in total. The maximum Gasteiger partial charge on any atom is 0.239 e. The molecular weight excluding hydrogens is 266 g/mol. The van der Waals surface area contributed by atoms with E-state index in [0.717, 1.165) is 16.7 Å². The number of aromatic nitrogens is 4. The number of methoxy groups -OCH3 is 1. The van der Waals surface area contributed by atoms with E-state index < -0.39 is 0 Å². The number of anilines is 1. The highest BCUT2D eigenvalue weighted by atomic mass is 16.5. The molecule has 2 aromatic heterocycles. The molecule has 0 amide bonds.